The highest BCUT2D eigenvalue weighted by Crippen LogP contribution is 2.04. The Balaban J connectivity index is 1.96. The topological polar surface area (TPSA) is 59.0 Å². The van der Waals surface area contributed by atoms with Gasteiger partial charge in [-0.05, 0) is 37.1 Å². The third-order valence-corrected chi connectivity index (χ3v) is 2.85. The van der Waals surface area contributed by atoms with Gasteiger partial charge in [0, 0.05) is 31.7 Å². The van der Waals surface area contributed by atoms with E-state index in [0.717, 1.165) is 17.7 Å². The number of likely N-dealkylation sites (N-methyl/N-ethyl adjacent to an activating group) is 1. The molecule has 5 nitrogen and oxygen atoms in total. The average Bonchev–Trinajstić information content (AvgIpc) is 2.45. The van der Waals surface area contributed by atoms with Crippen LogP contribution in [-0.2, 0) is 6.42 Å². The predicted octanol–water partition coefficient (Wildman–Crippen LogP) is 1.49. The Bertz CT molecular complexity index is 556. The van der Waals surface area contributed by atoms with E-state index < -0.39 is 0 Å². The number of carbonyl (C=O) groups excluding carboxylic acids is 1. The Morgan fingerprint density at radius 1 is 1.26 bits per heavy atom. The molecule has 0 saturated heterocycles. The van der Waals surface area contributed by atoms with Crippen LogP contribution >= 0.6 is 0 Å². The Hall–Kier alpha value is -2.30. The molecule has 2 heterocycles. The molecule has 5 heteroatoms. The van der Waals surface area contributed by atoms with E-state index in [1.807, 2.05) is 19.1 Å². The van der Waals surface area contributed by atoms with Gasteiger partial charge in [-0.2, -0.15) is 0 Å². The molecule has 0 bridgehead atoms. The van der Waals surface area contributed by atoms with Crippen LogP contribution in [0.4, 0.5) is 0 Å². The summed E-state index contributed by atoms with van der Waals surface area (Å²) in [5.74, 6) is -0.0837. The minimum absolute atomic E-state index is 0.0837. The zero-order chi connectivity index (χ0) is 13.7. The maximum Gasteiger partial charge on any atom is 0.272 e. The molecule has 2 rings (SSSR count). The van der Waals surface area contributed by atoms with Gasteiger partial charge in [-0.1, -0.05) is 0 Å². The summed E-state index contributed by atoms with van der Waals surface area (Å²) in [7, 11) is 1.78. The number of amides is 1. The van der Waals surface area contributed by atoms with Gasteiger partial charge in [0.15, 0.2) is 0 Å². The number of pyridine rings is 1. The lowest BCUT2D eigenvalue weighted by Gasteiger charge is -2.16. The molecule has 98 valence electrons. The molecule has 0 unspecified atom stereocenters. The minimum atomic E-state index is -0.0837. The van der Waals surface area contributed by atoms with Crippen LogP contribution < -0.4 is 0 Å². The molecule has 2 aromatic rings. The zero-order valence-electron chi connectivity index (χ0n) is 11.1. The van der Waals surface area contributed by atoms with E-state index in [2.05, 4.69) is 15.0 Å². The van der Waals surface area contributed by atoms with Gasteiger partial charge in [-0.15, -0.1) is 0 Å². The number of carbonyl (C=O) groups is 1. The van der Waals surface area contributed by atoms with Crippen molar-refractivity contribution in [2.24, 2.45) is 0 Å². The second-order valence-electron chi connectivity index (χ2n) is 4.38. The summed E-state index contributed by atoms with van der Waals surface area (Å²) in [6, 6.07) is 5.60. The Morgan fingerprint density at radius 3 is 2.68 bits per heavy atom. The van der Waals surface area contributed by atoms with Gasteiger partial charge in [-0.3, -0.25) is 9.78 Å². The van der Waals surface area contributed by atoms with Crippen LogP contribution in [0.25, 0.3) is 0 Å². The third-order valence-electron chi connectivity index (χ3n) is 2.85. The Labute approximate surface area is 112 Å². The normalized spacial score (nSPS) is 10.2. The first kappa shape index (κ1) is 13.1. The van der Waals surface area contributed by atoms with Crippen molar-refractivity contribution >= 4 is 5.91 Å². The summed E-state index contributed by atoms with van der Waals surface area (Å²) in [6.07, 6.45) is 5.73. The largest absolute Gasteiger partial charge is 0.340 e. The molecule has 0 spiro atoms. The van der Waals surface area contributed by atoms with Crippen molar-refractivity contribution in [2.75, 3.05) is 13.6 Å². The van der Waals surface area contributed by atoms with E-state index in [0.29, 0.717) is 12.2 Å². The van der Waals surface area contributed by atoms with Crippen LogP contribution in [0.1, 0.15) is 21.7 Å². The highest BCUT2D eigenvalue weighted by molar-refractivity contribution is 5.92. The molecular weight excluding hydrogens is 240 g/mol. The minimum Gasteiger partial charge on any atom is -0.340 e. The molecule has 0 aliphatic heterocycles. The standard InChI is InChI=1S/C14H16N4O/c1-11-9-13(17-10-16-11)14(19)18(2)8-5-12-3-6-15-7-4-12/h3-4,6-7,9-10H,5,8H2,1-2H3. The highest BCUT2D eigenvalue weighted by Gasteiger charge is 2.13. The molecule has 0 N–H and O–H groups in total. The van der Waals surface area contributed by atoms with E-state index in [4.69, 9.17) is 0 Å². The molecule has 0 saturated carbocycles. The number of hydrogen-bond donors (Lipinski definition) is 0. The van der Waals surface area contributed by atoms with E-state index in [1.54, 1.807) is 30.4 Å². The van der Waals surface area contributed by atoms with Crippen LogP contribution in [0, 0.1) is 6.92 Å². The summed E-state index contributed by atoms with van der Waals surface area (Å²) in [6.45, 7) is 2.49. The van der Waals surface area contributed by atoms with Crippen LogP contribution in [-0.4, -0.2) is 39.4 Å². The van der Waals surface area contributed by atoms with Crippen LogP contribution in [0.5, 0.6) is 0 Å². The summed E-state index contributed by atoms with van der Waals surface area (Å²) >= 11 is 0. The molecule has 19 heavy (non-hydrogen) atoms. The molecule has 0 aliphatic rings. The fourth-order valence-corrected chi connectivity index (χ4v) is 1.71. The third kappa shape index (κ3) is 3.58. The Kier molecular flexibility index (Phi) is 4.18. The second kappa shape index (κ2) is 6.04. The molecule has 2 aromatic heterocycles. The molecule has 0 radical (unpaired) electrons. The maximum atomic E-state index is 12.1. The van der Waals surface area contributed by atoms with Crippen LogP contribution in [0.15, 0.2) is 36.9 Å². The fraction of sp³-hybridized carbons (Fsp3) is 0.286. The summed E-state index contributed by atoms with van der Waals surface area (Å²) < 4.78 is 0. The summed E-state index contributed by atoms with van der Waals surface area (Å²) in [4.78, 5) is 25.8. The number of aryl methyl sites for hydroxylation is 1. The summed E-state index contributed by atoms with van der Waals surface area (Å²) in [5, 5.41) is 0. The van der Waals surface area contributed by atoms with Gasteiger partial charge in [0.2, 0.25) is 0 Å². The molecular formula is C14H16N4O. The lowest BCUT2D eigenvalue weighted by molar-refractivity contribution is 0.0790. The molecule has 0 aromatic carbocycles. The van der Waals surface area contributed by atoms with Gasteiger partial charge in [0.05, 0.1) is 0 Å². The highest BCUT2D eigenvalue weighted by atomic mass is 16.2. The molecule has 1 amide bonds. The summed E-state index contributed by atoms with van der Waals surface area (Å²) in [5.41, 5.74) is 2.39. The number of nitrogens with zero attached hydrogens (tertiary/aromatic N) is 4. The second-order valence-corrected chi connectivity index (χ2v) is 4.38. The predicted molar refractivity (Wildman–Crippen MR) is 71.7 cm³/mol. The molecule has 0 atom stereocenters. The van der Waals surface area contributed by atoms with E-state index >= 15 is 0 Å². The van der Waals surface area contributed by atoms with Gasteiger partial charge in [-0.25, -0.2) is 9.97 Å². The van der Waals surface area contributed by atoms with Gasteiger partial charge in [0.1, 0.15) is 12.0 Å². The number of hydrogen-bond acceptors (Lipinski definition) is 4. The van der Waals surface area contributed by atoms with Crippen molar-refractivity contribution in [3.8, 4) is 0 Å². The van der Waals surface area contributed by atoms with Crippen molar-refractivity contribution < 1.29 is 4.79 Å². The fourth-order valence-electron chi connectivity index (χ4n) is 1.71. The van der Waals surface area contributed by atoms with Crippen molar-refractivity contribution in [1.29, 1.82) is 0 Å². The van der Waals surface area contributed by atoms with Gasteiger partial charge >= 0.3 is 0 Å². The van der Waals surface area contributed by atoms with Gasteiger partial charge < -0.3 is 4.90 Å². The maximum absolute atomic E-state index is 12.1. The quantitative estimate of drug-likeness (QED) is 0.831. The molecule has 0 fully saturated rings. The first-order chi connectivity index (χ1) is 9.16. The van der Waals surface area contributed by atoms with Crippen molar-refractivity contribution in [3.05, 3.63) is 53.9 Å². The first-order valence-electron chi connectivity index (χ1n) is 6.10. The number of rotatable bonds is 4. The van der Waals surface area contributed by atoms with Crippen molar-refractivity contribution in [1.82, 2.24) is 19.9 Å². The van der Waals surface area contributed by atoms with Crippen molar-refractivity contribution in [2.45, 2.75) is 13.3 Å². The van der Waals surface area contributed by atoms with Crippen molar-refractivity contribution in [3.63, 3.8) is 0 Å². The Morgan fingerprint density at radius 2 is 2.00 bits per heavy atom. The first-order valence-corrected chi connectivity index (χ1v) is 6.10. The van der Waals surface area contributed by atoms with Crippen LogP contribution in [0.3, 0.4) is 0 Å². The van der Waals surface area contributed by atoms with E-state index in [1.165, 1.54) is 6.33 Å². The van der Waals surface area contributed by atoms with E-state index in [-0.39, 0.29) is 5.91 Å². The van der Waals surface area contributed by atoms with E-state index in [9.17, 15) is 4.79 Å². The smallest absolute Gasteiger partial charge is 0.272 e. The monoisotopic (exact) mass is 256 g/mol. The van der Waals surface area contributed by atoms with Gasteiger partial charge in [0.25, 0.3) is 5.91 Å². The van der Waals surface area contributed by atoms with Crippen LogP contribution in [0.2, 0.25) is 0 Å². The lowest BCUT2D eigenvalue weighted by atomic mass is 10.2. The molecule has 0 aliphatic carbocycles. The lowest BCUT2D eigenvalue weighted by Crippen LogP contribution is -2.29. The zero-order valence-corrected chi connectivity index (χ0v) is 11.1. The number of aromatic nitrogens is 3. The SMILES string of the molecule is Cc1cc(C(=O)N(C)CCc2ccncc2)ncn1. The average molecular weight is 256 g/mol.